The molecule has 1 aromatic carbocycles. The quantitative estimate of drug-likeness (QED) is 0.905. The van der Waals surface area contributed by atoms with E-state index >= 15 is 0 Å². The molecule has 116 valence electrons. The molecular weight excluding hydrogens is 264 g/mol. The maximum absolute atomic E-state index is 6.07. The summed E-state index contributed by atoms with van der Waals surface area (Å²) < 4.78 is 11.4. The minimum Gasteiger partial charge on any atom is -0.496 e. The van der Waals surface area contributed by atoms with Crippen LogP contribution in [0.15, 0.2) is 12.1 Å². The Morgan fingerprint density at radius 2 is 1.71 bits per heavy atom. The highest BCUT2D eigenvalue weighted by Crippen LogP contribution is 2.49. The van der Waals surface area contributed by atoms with Crippen molar-refractivity contribution in [2.75, 3.05) is 38.8 Å². The molecule has 1 saturated heterocycles. The maximum Gasteiger partial charge on any atom is 0.142 e. The predicted molar refractivity (Wildman–Crippen MR) is 85.6 cm³/mol. The Hall–Kier alpha value is -1.42. The molecule has 0 radical (unpaired) electrons. The Bertz CT molecular complexity index is 500. The first kappa shape index (κ1) is 14.5. The van der Waals surface area contributed by atoms with Gasteiger partial charge in [-0.1, -0.05) is 6.42 Å². The van der Waals surface area contributed by atoms with Crippen LogP contribution in [-0.4, -0.2) is 33.9 Å². The number of ether oxygens (including phenoxy) is 2. The van der Waals surface area contributed by atoms with E-state index in [2.05, 4.69) is 17.0 Å². The van der Waals surface area contributed by atoms with Gasteiger partial charge < -0.3 is 20.1 Å². The van der Waals surface area contributed by atoms with Gasteiger partial charge in [0.2, 0.25) is 0 Å². The predicted octanol–water partition coefficient (Wildman–Crippen LogP) is 2.68. The van der Waals surface area contributed by atoms with Crippen molar-refractivity contribution in [1.82, 2.24) is 0 Å². The van der Waals surface area contributed by atoms with Crippen LogP contribution in [-0.2, 0) is 5.41 Å². The molecule has 0 aromatic heterocycles. The molecule has 1 saturated carbocycles. The van der Waals surface area contributed by atoms with Crippen molar-refractivity contribution in [3.63, 3.8) is 0 Å². The summed E-state index contributed by atoms with van der Waals surface area (Å²) in [6.07, 6.45) is 6.04. The van der Waals surface area contributed by atoms with Crippen LogP contribution in [0, 0.1) is 0 Å². The van der Waals surface area contributed by atoms with E-state index < -0.39 is 0 Å². The van der Waals surface area contributed by atoms with Crippen LogP contribution < -0.4 is 20.1 Å². The summed E-state index contributed by atoms with van der Waals surface area (Å²) in [4.78, 5) is 2.39. The van der Waals surface area contributed by atoms with Gasteiger partial charge in [-0.15, -0.1) is 0 Å². The van der Waals surface area contributed by atoms with Crippen LogP contribution in [0.25, 0.3) is 0 Å². The van der Waals surface area contributed by atoms with Crippen LogP contribution in [0.3, 0.4) is 0 Å². The van der Waals surface area contributed by atoms with Gasteiger partial charge >= 0.3 is 0 Å². The van der Waals surface area contributed by atoms with E-state index in [1.807, 2.05) is 0 Å². The van der Waals surface area contributed by atoms with E-state index in [0.29, 0.717) is 6.54 Å². The van der Waals surface area contributed by atoms with Gasteiger partial charge in [-0.25, -0.2) is 0 Å². The number of hydrogen-bond donors (Lipinski definition) is 1. The third kappa shape index (κ3) is 2.35. The van der Waals surface area contributed by atoms with E-state index in [-0.39, 0.29) is 5.41 Å². The highest BCUT2D eigenvalue weighted by atomic mass is 16.5. The summed E-state index contributed by atoms with van der Waals surface area (Å²) in [5, 5.41) is 0. The highest BCUT2D eigenvalue weighted by Gasteiger charge is 2.40. The summed E-state index contributed by atoms with van der Waals surface area (Å²) in [6.45, 7) is 2.87. The molecular formula is C17H26N2O2. The zero-order valence-corrected chi connectivity index (χ0v) is 13.2. The van der Waals surface area contributed by atoms with Gasteiger partial charge in [0.25, 0.3) is 0 Å². The molecule has 1 aliphatic heterocycles. The molecule has 4 nitrogen and oxygen atoms in total. The SMILES string of the molecule is COc1cc(C2(CN)CCC2)c(OC)cc1N1CCCC1. The number of nitrogens with zero attached hydrogens (tertiary/aromatic N) is 1. The number of hydrogen-bond acceptors (Lipinski definition) is 4. The van der Waals surface area contributed by atoms with Crippen molar-refractivity contribution in [2.45, 2.75) is 37.5 Å². The standard InChI is InChI=1S/C17H26N2O2/c1-20-15-11-14(19-8-3-4-9-19)16(21-2)10-13(15)17(12-18)6-5-7-17/h10-11H,3-9,12,18H2,1-2H3. The molecule has 1 aliphatic carbocycles. The van der Waals surface area contributed by atoms with Crippen LogP contribution in [0.4, 0.5) is 5.69 Å². The molecule has 1 heterocycles. The van der Waals surface area contributed by atoms with Gasteiger partial charge in [0.15, 0.2) is 0 Å². The van der Waals surface area contributed by atoms with Crippen molar-refractivity contribution in [1.29, 1.82) is 0 Å². The van der Waals surface area contributed by atoms with Gasteiger partial charge in [0, 0.05) is 36.7 Å². The van der Waals surface area contributed by atoms with Crippen molar-refractivity contribution >= 4 is 5.69 Å². The number of benzene rings is 1. The zero-order chi connectivity index (χ0) is 14.9. The number of rotatable bonds is 5. The van der Waals surface area contributed by atoms with Crippen molar-refractivity contribution in [3.05, 3.63) is 17.7 Å². The van der Waals surface area contributed by atoms with Crippen LogP contribution in [0.1, 0.15) is 37.7 Å². The first-order valence-electron chi connectivity index (χ1n) is 7.95. The molecule has 4 heteroatoms. The van der Waals surface area contributed by atoms with Gasteiger partial charge in [0.1, 0.15) is 11.5 Å². The van der Waals surface area contributed by atoms with Gasteiger partial charge in [-0.3, -0.25) is 0 Å². The van der Waals surface area contributed by atoms with E-state index in [1.54, 1.807) is 14.2 Å². The molecule has 1 aromatic rings. The molecule has 0 unspecified atom stereocenters. The minimum absolute atomic E-state index is 0.0855. The van der Waals surface area contributed by atoms with Crippen molar-refractivity contribution in [3.8, 4) is 11.5 Å². The second-order valence-corrected chi connectivity index (χ2v) is 6.26. The Morgan fingerprint density at radius 3 is 2.19 bits per heavy atom. The third-order valence-corrected chi connectivity index (χ3v) is 5.22. The van der Waals surface area contributed by atoms with E-state index in [4.69, 9.17) is 15.2 Å². The van der Waals surface area contributed by atoms with E-state index in [0.717, 1.165) is 43.1 Å². The van der Waals surface area contributed by atoms with Gasteiger partial charge in [-0.2, -0.15) is 0 Å². The molecule has 0 spiro atoms. The van der Waals surface area contributed by atoms with Crippen LogP contribution in [0.5, 0.6) is 11.5 Å². The smallest absolute Gasteiger partial charge is 0.142 e. The molecule has 2 fully saturated rings. The zero-order valence-electron chi connectivity index (χ0n) is 13.2. The highest BCUT2D eigenvalue weighted by molar-refractivity contribution is 5.66. The van der Waals surface area contributed by atoms with Gasteiger partial charge in [0.05, 0.1) is 19.9 Å². The second kappa shape index (κ2) is 5.76. The van der Waals surface area contributed by atoms with Crippen molar-refractivity contribution < 1.29 is 9.47 Å². The summed E-state index contributed by atoms with van der Waals surface area (Å²) in [7, 11) is 3.50. The lowest BCUT2D eigenvalue weighted by atomic mass is 9.64. The Balaban J connectivity index is 2.05. The summed E-state index contributed by atoms with van der Waals surface area (Å²) in [5.74, 6) is 1.91. The summed E-state index contributed by atoms with van der Waals surface area (Å²) >= 11 is 0. The molecule has 0 bridgehead atoms. The van der Waals surface area contributed by atoms with Gasteiger partial charge in [-0.05, 0) is 31.7 Å². The average molecular weight is 290 g/mol. The Morgan fingerprint density at radius 1 is 1.05 bits per heavy atom. The Labute approximate surface area is 127 Å². The Kier molecular flexibility index (Phi) is 3.98. The molecule has 2 N–H and O–H groups in total. The fourth-order valence-electron chi connectivity index (χ4n) is 3.69. The first-order chi connectivity index (χ1) is 10.2. The van der Waals surface area contributed by atoms with E-state index in [9.17, 15) is 0 Å². The van der Waals surface area contributed by atoms with Crippen molar-refractivity contribution in [2.24, 2.45) is 5.73 Å². The molecule has 21 heavy (non-hydrogen) atoms. The summed E-state index contributed by atoms with van der Waals surface area (Å²) in [5.41, 5.74) is 8.53. The van der Waals surface area contributed by atoms with Crippen LogP contribution in [0.2, 0.25) is 0 Å². The second-order valence-electron chi connectivity index (χ2n) is 6.26. The summed E-state index contributed by atoms with van der Waals surface area (Å²) in [6, 6.07) is 4.31. The molecule has 0 atom stereocenters. The largest absolute Gasteiger partial charge is 0.496 e. The fourth-order valence-corrected chi connectivity index (χ4v) is 3.69. The first-order valence-corrected chi connectivity index (χ1v) is 7.95. The topological polar surface area (TPSA) is 47.7 Å². The monoisotopic (exact) mass is 290 g/mol. The molecule has 0 amide bonds. The lowest BCUT2D eigenvalue weighted by Gasteiger charge is -2.42. The molecule has 3 rings (SSSR count). The third-order valence-electron chi connectivity index (χ3n) is 5.22. The number of nitrogens with two attached hydrogens (primary N) is 1. The average Bonchev–Trinajstić information content (AvgIpc) is 3.00. The van der Waals surface area contributed by atoms with Crippen LogP contribution >= 0.6 is 0 Å². The number of anilines is 1. The number of methoxy groups -OCH3 is 2. The lowest BCUT2D eigenvalue weighted by molar-refractivity contribution is 0.242. The fraction of sp³-hybridized carbons (Fsp3) is 0.647. The van der Waals surface area contributed by atoms with E-state index in [1.165, 1.54) is 24.8 Å². The minimum atomic E-state index is 0.0855. The lowest BCUT2D eigenvalue weighted by Crippen LogP contribution is -2.41. The normalized spacial score (nSPS) is 20.2. The maximum atomic E-state index is 6.07. The molecule has 2 aliphatic rings.